The number of carbonyl (C=O) groups is 6. The molecule has 12 nitrogen and oxygen atoms in total. The Morgan fingerprint density at radius 2 is 1.52 bits per heavy atom. The summed E-state index contributed by atoms with van der Waals surface area (Å²) in [4.78, 5) is 79.4. The van der Waals surface area contributed by atoms with E-state index in [0.29, 0.717) is 13.1 Å². The minimum absolute atomic E-state index is 0.0601. The summed E-state index contributed by atoms with van der Waals surface area (Å²) >= 11 is 0. The average Bonchev–Trinajstić information content (AvgIpc) is 3.56. The molecule has 5 atom stereocenters. The van der Waals surface area contributed by atoms with Crippen molar-refractivity contribution in [1.82, 2.24) is 25.8 Å². The molecule has 1 heterocycles. The van der Waals surface area contributed by atoms with Gasteiger partial charge in [0.05, 0.1) is 6.54 Å². The number of likely N-dealkylation sites (tertiary alicyclic amines) is 1. The lowest BCUT2D eigenvalue weighted by molar-refractivity contribution is -0.143. The maximum atomic E-state index is 13.9. The van der Waals surface area contributed by atoms with Crippen molar-refractivity contribution in [2.75, 3.05) is 20.1 Å². The van der Waals surface area contributed by atoms with Crippen LogP contribution in [0.3, 0.4) is 0 Å². The molecule has 2 aliphatic rings. The topological polar surface area (TPSA) is 171 Å². The number of fused-ring (bicyclic) bond motifs is 1. The number of nitrogens with one attached hydrogen (secondary N) is 3. The molecule has 1 aromatic rings. The third-order valence-electron chi connectivity index (χ3n) is 7.82. The molecule has 6 amide bonds. The highest BCUT2D eigenvalue weighted by atomic mass is 16.2. The minimum atomic E-state index is -1.15. The van der Waals surface area contributed by atoms with Gasteiger partial charge in [-0.1, -0.05) is 71.9 Å². The Balaban J connectivity index is 1.73. The zero-order valence-corrected chi connectivity index (χ0v) is 25.5. The van der Waals surface area contributed by atoms with Crippen LogP contribution in [0.15, 0.2) is 30.3 Å². The highest BCUT2D eigenvalue weighted by molar-refractivity contribution is 6.36. The van der Waals surface area contributed by atoms with Crippen LogP contribution < -0.4 is 21.7 Å². The Hall–Kier alpha value is -3.96. The molecule has 1 saturated heterocycles. The number of rotatable bonds is 10. The molecule has 5 N–H and O–H groups in total. The fourth-order valence-electron chi connectivity index (χ4n) is 5.31. The number of hydrogen-bond acceptors (Lipinski definition) is 6. The Bertz CT molecular complexity index is 1220. The third kappa shape index (κ3) is 7.86. The van der Waals surface area contributed by atoms with E-state index in [-0.39, 0.29) is 17.7 Å². The first-order valence-corrected chi connectivity index (χ1v) is 14.2. The van der Waals surface area contributed by atoms with Crippen LogP contribution in [0.1, 0.15) is 53.5 Å². The zero-order valence-electron chi connectivity index (χ0n) is 25.5. The van der Waals surface area contributed by atoms with E-state index in [1.807, 2.05) is 51.1 Å². The van der Waals surface area contributed by atoms with E-state index in [9.17, 15) is 28.8 Å². The highest BCUT2D eigenvalue weighted by Crippen LogP contribution is 2.50. The summed E-state index contributed by atoms with van der Waals surface area (Å²) in [6.45, 7) is 11.1. The first kappa shape index (κ1) is 32.6. The van der Waals surface area contributed by atoms with E-state index in [4.69, 9.17) is 5.73 Å². The van der Waals surface area contributed by atoms with Gasteiger partial charge in [0.15, 0.2) is 0 Å². The molecule has 1 aromatic carbocycles. The van der Waals surface area contributed by atoms with Crippen molar-refractivity contribution in [2.24, 2.45) is 28.4 Å². The third-order valence-corrected chi connectivity index (χ3v) is 7.82. The number of Topliss-reactive ketones (excluding diaryl/α,β-unsaturated/α-hetero) is 1. The summed E-state index contributed by atoms with van der Waals surface area (Å²) < 4.78 is 0. The molecule has 0 aromatic heterocycles. The van der Waals surface area contributed by atoms with Crippen LogP contribution in [0.2, 0.25) is 0 Å². The van der Waals surface area contributed by atoms with Crippen molar-refractivity contribution in [2.45, 2.75) is 72.6 Å². The van der Waals surface area contributed by atoms with Gasteiger partial charge in [-0.25, -0.2) is 4.79 Å². The van der Waals surface area contributed by atoms with Gasteiger partial charge in [0, 0.05) is 20.1 Å². The molecule has 3 rings (SSSR count). The molecular formula is C30H44N6O6. The molecule has 1 saturated carbocycles. The normalized spacial score (nSPS) is 20.9. The molecule has 1 aliphatic carbocycles. The summed E-state index contributed by atoms with van der Waals surface area (Å²) in [6, 6.07) is 6.11. The SMILES string of the molecule is CN(Cc1ccccc1)C(=O)[C@@H](NC(=O)N[C@H](C(=O)N1C[C@@H]2C[C@@H]2[C@H]1C(=O)NCC(=O)C(N)=O)C(C)(C)C)C(C)(C)C. The summed E-state index contributed by atoms with van der Waals surface area (Å²) in [5.74, 6) is -3.26. The summed E-state index contributed by atoms with van der Waals surface area (Å²) in [6.07, 6.45) is 0.769. The predicted molar refractivity (Wildman–Crippen MR) is 155 cm³/mol. The first-order chi connectivity index (χ1) is 19.4. The van der Waals surface area contributed by atoms with Crippen LogP contribution in [0.25, 0.3) is 0 Å². The second-order valence-electron chi connectivity index (χ2n) is 13.5. The van der Waals surface area contributed by atoms with Crippen molar-refractivity contribution in [3.05, 3.63) is 35.9 Å². The second kappa shape index (κ2) is 12.5. The number of hydrogen-bond donors (Lipinski definition) is 4. The monoisotopic (exact) mass is 584 g/mol. The fraction of sp³-hybridized carbons (Fsp3) is 0.600. The number of amides is 6. The fourth-order valence-corrected chi connectivity index (χ4v) is 5.31. The van der Waals surface area contributed by atoms with E-state index in [0.717, 1.165) is 12.0 Å². The Morgan fingerprint density at radius 3 is 2.07 bits per heavy atom. The molecule has 2 fully saturated rings. The van der Waals surface area contributed by atoms with Crippen LogP contribution in [-0.2, 0) is 30.5 Å². The number of primary amides is 1. The van der Waals surface area contributed by atoms with E-state index >= 15 is 0 Å². The number of carbonyl (C=O) groups excluding carboxylic acids is 6. The van der Waals surface area contributed by atoms with Gasteiger partial charge in [0.2, 0.25) is 23.5 Å². The molecule has 1 aliphatic heterocycles. The predicted octanol–water partition coefficient (Wildman–Crippen LogP) is 0.791. The molecule has 12 heteroatoms. The van der Waals surface area contributed by atoms with E-state index < -0.39 is 65.0 Å². The van der Waals surface area contributed by atoms with Gasteiger partial charge < -0.3 is 31.5 Å². The van der Waals surface area contributed by atoms with Gasteiger partial charge in [0.1, 0.15) is 18.1 Å². The Morgan fingerprint density at radius 1 is 0.952 bits per heavy atom. The van der Waals surface area contributed by atoms with Gasteiger partial charge in [-0.3, -0.25) is 24.0 Å². The maximum absolute atomic E-state index is 13.9. The number of ketones is 1. The summed E-state index contributed by atoms with van der Waals surface area (Å²) in [7, 11) is 1.68. The molecule has 0 unspecified atom stereocenters. The van der Waals surface area contributed by atoms with Crippen molar-refractivity contribution in [3.8, 4) is 0 Å². The maximum Gasteiger partial charge on any atom is 0.316 e. The van der Waals surface area contributed by atoms with Crippen LogP contribution in [0, 0.1) is 22.7 Å². The number of benzene rings is 1. The van der Waals surface area contributed by atoms with E-state index in [2.05, 4.69) is 16.0 Å². The Kier molecular flexibility index (Phi) is 9.69. The number of likely N-dealkylation sites (N-methyl/N-ethyl adjacent to an activating group) is 1. The first-order valence-electron chi connectivity index (χ1n) is 14.2. The minimum Gasteiger partial charge on any atom is -0.363 e. The van der Waals surface area contributed by atoms with Gasteiger partial charge in [0.25, 0.3) is 5.91 Å². The van der Waals surface area contributed by atoms with Crippen molar-refractivity contribution >= 4 is 35.4 Å². The number of piperidine rings is 1. The molecule has 230 valence electrons. The average molecular weight is 585 g/mol. The van der Waals surface area contributed by atoms with Crippen LogP contribution in [0.5, 0.6) is 0 Å². The molecule has 42 heavy (non-hydrogen) atoms. The van der Waals surface area contributed by atoms with Crippen molar-refractivity contribution < 1.29 is 28.8 Å². The number of nitrogens with zero attached hydrogens (tertiary/aromatic N) is 2. The van der Waals surface area contributed by atoms with Gasteiger partial charge in [-0.15, -0.1) is 0 Å². The molecular weight excluding hydrogens is 540 g/mol. The lowest BCUT2D eigenvalue weighted by atomic mass is 9.85. The lowest BCUT2D eigenvalue weighted by Crippen LogP contribution is -2.62. The molecule has 0 spiro atoms. The largest absolute Gasteiger partial charge is 0.363 e. The van der Waals surface area contributed by atoms with Crippen molar-refractivity contribution in [1.29, 1.82) is 0 Å². The second-order valence-corrected chi connectivity index (χ2v) is 13.5. The van der Waals surface area contributed by atoms with Crippen LogP contribution >= 0.6 is 0 Å². The molecule has 0 bridgehead atoms. The Labute approximate surface area is 247 Å². The van der Waals surface area contributed by atoms with E-state index in [1.54, 1.807) is 32.7 Å². The summed E-state index contributed by atoms with van der Waals surface area (Å²) in [5, 5.41) is 7.99. The van der Waals surface area contributed by atoms with Gasteiger partial charge in [-0.05, 0) is 34.7 Å². The summed E-state index contributed by atoms with van der Waals surface area (Å²) in [5.41, 5.74) is 4.55. The standard InChI is InChI=1S/C30H44N6O6/c1-29(2,3)22(26(40)35(7)15-17-11-9-8-10-12-17)33-28(42)34-23(30(4,5)6)27(41)36-16-18-13-19(18)21(36)25(39)32-14-20(37)24(31)38/h8-12,18-19,21-23H,13-16H2,1-7H3,(H2,31,38)(H,32,39)(H2,33,34,42)/t18-,19-,21-,22+,23+/m0/s1. The quantitative estimate of drug-likeness (QED) is 0.296. The van der Waals surface area contributed by atoms with Crippen molar-refractivity contribution in [3.63, 3.8) is 0 Å². The van der Waals surface area contributed by atoms with Crippen LogP contribution in [0.4, 0.5) is 4.79 Å². The van der Waals surface area contributed by atoms with E-state index in [1.165, 1.54) is 4.90 Å². The van der Waals surface area contributed by atoms with Crippen LogP contribution in [-0.4, -0.2) is 83.5 Å². The number of urea groups is 1. The highest BCUT2D eigenvalue weighted by Gasteiger charge is 2.58. The lowest BCUT2D eigenvalue weighted by Gasteiger charge is -2.38. The molecule has 0 radical (unpaired) electrons. The smallest absolute Gasteiger partial charge is 0.316 e. The number of nitrogens with two attached hydrogens (primary N) is 1. The van der Waals surface area contributed by atoms with Gasteiger partial charge >= 0.3 is 6.03 Å². The van der Waals surface area contributed by atoms with Gasteiger partial charge in [-0.2, -0.15) is 0 Å². The zero-order chi connectivity index (χ0) is 31.6.